The maximum absolute atomic E-state index is 13.9. The minimum Gasteiger partial charge on any atom is -0.324 e. The molecular formula is C21H24ClFN2O3S. The topological polar surface area (TPSA) is 66.5 Å². The molecule has 0 unspecified atom stereocenters. The van der Waals surface area contributed by atoms with Gasteiger partial charge in [0.2, 0.25) is 15.9 Å². The molecule has 5 nitrogen and oxygen atoms in total. The Balaban J connectivity index is 1.59. The minimum absolute atomic E-state index is 0.0430. The summed E-state index contributed by atoms with van der Waals surface area (Å²) in [7, 11) is -3.48. The van der Waals surface area contributed by atoms with Crippen molar-refractivity contribution in [1.29, 1.82) is 0 Å². The molecule has 0 aromatic heterocycles. The maximum atomic E-state index is 13.9. The molecular weight excluding hydrogens is 415 g/mol. The second kappa shape index (κ2) is 9.69. The first kappa shape index (κ1) is 21.7. The van der Waals surface area contributed by atoms with Crippen molar-refractivity contribution in [3.8, 4) is 0 Å². The molecule has 29 heavy (non-hydrogen) atoms. The van der Waals surface area contributed by atoms with Gasteiger partial charge in [-0.3, -0.25) is 4.79 Å². The number of aryl methyl sites for hydroxylation is 1. The molecule has 2 aromatic rings. The Bertz CT molecular complexity index is 956. The summed E-state index contributed by atoms with van der Waals surface area (Å²) in [5.74, 6) is -1.00. The van der Waals surface area contributed by atoms with Gasteiger partial charge in [0, 0.05) is 19.5 Å². The van der Waals surface area contributed by atoms with Crippen LogP contribution in [0.1, 0.15) is 37.7 Å². The van der Waals surface area contributed by atoms with Gasteiger partial charge in [-0.1, -0.05) is 42.6 Å². The third-order valence-electron chi connectivity index (χ3n) is 4.99. The van der Waals surface area contributed by atoms with E-state index in [0.717, 1.165) is 31.2 Å². The maximum Gasteiger partial charge on any atom is 0.243 e. The highest BCUT2D eigenvalue weighted by Gasteiger charge is 2.24. The summed E-state index contributed by atoms with van der Waals surface area (Å²) in [5, 5.41) is 2.45. The van der Waals surface area contributed by atoms with E-state index < -0.39 is 15.8 Å². The first-order valence-electron chi connectivity index (χ1n) is 9.71. The number of nitrogens with one attached hydrogen (secondary N) is 1. The molecule has 1 aliphatic heterocycles. The van der Waals surface area contributed by atoms with Gasteiger partial charge in [0.15, 0.2) is 5.82 Å². The Morgan fingerprint density at radius 3 is 2.34 bits per heavy atom. The number of halogens is 2. The number of nitrogens with zero attached hydrogens (tertiary/aromatic N) is 1. The largest absolute Gasteiger partial charge is 0.324 e. The lowest BCUT2D eigenvalue weighted by atomic mass is 10.1. The number of carbonyl (C=O) groups excluding carboxylic acids is 1. The zero-order valence-electron chi connectivity index (χ0n) is 16.0. The average Bonchev–Trinajstić information content (AvgIpc) is 3.00. The molecule has 1 heterocycles. The lowest BCUT2D eigenvalue weighted by Crippen LogP contribution is -2.31. The third-order valence-corrected chi connectivity index (χ3v) is 7.20. The number of rotatable bonds is 6. The van der Waals surface area contributed by atoms with Crippen molar-refractivity contribution in [2.75, 3.05) is 18.4 Å². The van der Waals surface area contributed by atoms with E-state index in [4.69, 9.17) is 11.6 Å². The van der Waals surface area contributed by atoms with Crippen LogP contribution >= 0.6 is 11.6 Å². The standard InChI is InChI=1S/C21H24ClFN2O3S/c22-18-6-5-7-19(21(18)23)24-20(26)13-10-16-8-11-17(12-9-16)29(27,28)25-14-3-1-2-4-15-25/h5-9,11-12H,1-4,10,13-15H2,(H,24,26). The Morgan fingerprint density at radius 1 is 1.03 bits per heavy atom. The van der Waals surface area contributed by atoms with Crippen molar-refractivity contribution in [3.63, 3.8) is 0 Å². The highest BCUT2D eigenvalue weighted by molar-refractivity contribution is 7.89. The van der Waals surface area contributed by atoms with Crippen LogP contribution < -0.4 is 5.32 Å². The van der Waals surface area contributed by atoms with Crippen LogP contribution in [-0.2, 0) is 21.2 Å². The van der Waals surface area contributed by atoms with Gasteiger partial charge in [-0.2, -0.15) is 4.31 Å². The van der Waals surface area contributed by atoms with Gasteiger partial charge < -0.3 is 5.32 Å². The predicted octanol–water partition coefficient (Wildman–Crippen LogP) is 4.62. The van der Waals surface area contributed by atoms with Gasteiger partial charge in [-0.15, -0.1) is 0 Å². The van der Waals surface area contributed by atoms with E-state index in [2.05, 4.69) is 5.32 Å². The summed E-state index contributed by atoms with van der Waals surface area (Å²) in [6.07, 6.45) is 4.46. The van der Waals surface area contributed by atoms with Crippen molar-refractivity contribution in [3.05, 3.63) is 58.9 Å². The summed E-state index contributed by atoms with van der Waals surface area (Å²) >= 11 is 5.71. The molecule has 0 saturated carbocycles. The van der Waals surface area contributed by atoms with Gasteiger partial charge in [0.05, 0.1) is 15.6 Å². The van der Waals surface area contributed by atoms with Gasteiger partial charge >= 0.3 is 0 Å². The molecule has 8 heteroatoms. The van der Waals surface area contributed by atoms with Crippen molar-refractivity contribution in [2.24, 2.45) is 0 Å². The molecule has 1 aliphatic rings. The third kappa shape index (κ3) is 5.56. The Kier molecular flexibility index (Phi) is 7.27. The first-order valence-corrected chi connectivity index (χ1v) is 11.5. The van der Waals surface area contributed by atoms with Crippen molar-refractivity contribution < 1.29 is 17.6 Å². The van der Waals surface area contributed by atoms with Crippen LogP contribution in [0, 0.1) is 5.82 Å². The number of amides is 1. The first-order chi connectivity index (χ1) is 13.9. The lowest BCUT2D eigenvalue weighted by molar-refractivity contribution is -0.116. The fourth-order valence-corrected chi connectivity index (χ4v) is 5.02. The van der Waals surface area contributed by atoms with Gasteiger partial charge in [-0.25, -0.2) is 12.8 Å². The van der Waals surface area contributed by atoms with Crippen molar-refractivity contribution in [2.45, 2.75) is 43.4 Å². The molecule has 0 aliphatic carbocycles. The SMILES string of the molecule is O=C(CCc1ccc(S(=O)(=O)N2CCCCCC2)cc1)Nc1cccc(Cl)c1F. The van der Waals surface area contributed by atoms with Gasteiger partial charge in [0.25, 0.3) is 0 Å². The zero-order chi connectivity index (χ0) is 20.9. The highest BCUT2D eigenvalue weighted by atomic mass is 35.5. The number of carbonyl (C=O) groups is 1. The van der Waals surface area contributed by atoms with E-state index in [1.807, 2.05) is 0 Å². The van der Waals surface area contributed by atoms with Gasteiger partial charge in [-0.05, 0) is 49.1 Å². The molecule has 1 fully saturated rings. The van der Waals surface area contributed by atoms with E-state index in [-0.39, 0.29) is 27.9 Å². The van der Waals surface area contributed by atoms with Crippen molar-refractivity contribution >= 4 is 33.2 Å². The molecule has 0 spiro atoms. The monoisotopic (exact) mass is 438 g/mol. The molecule has 2 aromatic carbocycles. The summed E-state index contributed by atoms with van der Waals surface area (Å²) < 4.78 is 41.0. The van der Waals surface area contributed by atoms with E-state index in [1.165, 1.54) is 12.1 Å². The quantitative estimate of drug-likeness (QED) is 0.715. The number of hydrogen-bond donors (Lipinski definition) is 1. The normalized spacial score (nSPS) is 15.7. The summed E-state index contributed by atoms with van der Waals surface area (Å²) in [6.45, 7) is 1.12. The van der Waals surface area contributed by atoms with E-state index in [0.29, 0.717) is 19.5 Å². The van der Waals surface area contributed by atoms with Crippen LogP contribution in [0.15, 0.2) is 47.4 Å². The molecule has 0 bridgehead atoms. The molecule has 1 N–H and O–H groups in total. The van der Waals surface area contributed by atoms with Crippen LogP contribution in [-0.4, -0.2) is 31.7 Å². The Hall–Kier alpha value is -1.96. The Morgan fingerprint density at radius 2 is 1.69 bits per heavy atom. The fourth-order valence-electron chi connectivity index (χ4n) is 3.33. The summed E-state index contributed by atoms with van der Waals surface area (Å²) in [4.78, 5) is 12.4. The summed E-state index contributed by atoms with van der Waals surface area (Å²) in [5.41, 5.74) is 0.878. The number of benzene rings is 2. The summed E-state index contributed by atoms with van der Waals surface area (Å²) in [6, 6.07) is 11.0. The highest BCUT2D eigenvalue weighted by Crippen LogP contribution is 2.23. The molecule has 156 valence electrons. The second-order valence-corrected chi connectivity index (χ2v) is 9.46. The van der Waals surface area contributed by atoms with Crippen LogP contribution in [0.5, 0.6) is 0 Å². The number of sulfonamides is 1. The molecule has 0 radical (unpaired) electrons. The molecule has 3 rings (SSSR count). The smallest absolute Gasteiger partial charge is 0.243 e. The van der Waals surface area contributed by atoms with E-state index in [9.17, 15) is 17.6 Å². The Labute approximate surface area is 175 Å². The van der Waals surface area contributed by atoms with Crippen LogP contribution in [0.2, 0.25) is 5.02 Å². The number of hydrogen-bond acceptors (Lipinski definition) is 3. The van der Waals surface area contributed by atoms with Crippen LogP contribution in [0.4, 0.5) is 10.1 Å². The molecule has 1 amide bonds. The number of anilines is 1. The minimum atomic E-state index is -3.48. The predicted molar refractivity (Wildman–Crippen MR) is 112 cm³/mol. The van der Waals surface area contributed by atoms with E-state index >= 15 is 0 Å². The zero-order valence-corrected chi connectivity index (χ0v) is 17.6. The van der Waals surface area contributed by atoms with Crippen LogP contribution in [0.25, 0.3) is 0 Å². The molecule has 1 saturated heterocycles. The average molecular weight is 439 g/mol. The van der Waals surface area contributed by atoms with E-state index in [1.54, 1.807) is 34.6 Å². The lowest BCUT2D eigenvalue weighted by Gasteiger charge is -2.20. The van der Waals surface area contributed by atoms with Crippen molar-refractivity contribution in [1.82, 2.24) is 4.31 Å². The molecule has 0 atom stereocenters. The fraction of sp³-hybridized carbons (Fsp3) is 0.381. The van der Waals surface area contributed by atoms with Crippen LogP contribution in [0.3, 0.4) is 0 Å². The second-order valence-electron chi connectivity index (χ2n) is 7.11. The van der Waals surface area contributed by atoms with Gasteiger partial charge in [0.1, 0.15) is 0 Å².